The third kappa shape index (κ3) is 3.59. The molecule has 4 nitrogen and oxygen atoms in total. The van der Waals surface area contributed by atoms with Gasteiger partial charge in [0.15, 0.2) is 0 Å². The van der Waals surface area contributed by atoms with Gasteiger partial charge >= 0.3 is 0 Å². The average molecular weight is 348 g/mol. The summed E-state index contributed by atoms with van der Waals surface area (Å²) >= 11 is 0. The van der Waals surface area contributed by atoms with Crippen molar-refractivity contribution < 1.29 is 9.53 Å². The molecule has 0 spiro atoms. The Bertz CT molecular complexity index is 898. The van der Waals surface area contributed by atoms with Crippen molar-refractivity contribution in [2.75, 3.05) is 19.7 Å². The number of amides is 1. The third-order valence-electron chi connectivity index (χ3n) is 5.19. The summed E-state index contributed by atoms with van der Waals surface area (Å²) in [7, 11) is 0. The Balaban J connectivity index is 1.30. The molecule has 1 aromatic heterocycles. The molecule has 0 aliphatic carbocycles. The van der Waals surface area contributed by atoms with Gasteiger partial charge in [-0.15, -0.1) is 0 Å². The summed E-state index contributed by atoms with van der Waals surface area (Å²) in [5.41, 5.74) is 3.01. The predicted octanol–water partition coefficient (Wildman–Crippen LogP) is 4.41. The Morgan fingerprint density at radius 1 is 1.19 bits per heavy atom. The number of hydrogen-bond donors (Lipinski definition) is 1. The van der Waals surface area contributed by atoms with Crippen LogP contribution < -0.4 is 4.74 Å². The number of aromatic nitrogens is 1. The molecule has 1 aliphatic heterocycles. The van der Waals surface area contributed by atoms with E-state index in [1.54, 1.807) is 0 Å². The first-order valence-electron chi connectivity index (χ1n) is 9.25. The Hall–Kier alpha value is -2.75. The Morgan fingerprint density at radius 3 is 2.88 bits per heavy atom. The van der Waals surface area contributed by atoms with Gasteiger partial charge < -0.3 is 14.6 Å². The van der Waals surface area contributed by atoms with E-state index < -0.39 is 0 Å². The Morgan fingerprint density at radius 2 is 2.04 bits per heavy atom. The first kappa shape index (κ1) is 16.7. The Kier molecular flexibility index (Phi) is 4.65. The van der Waals surface area contributed by atoms with Crippen LogP contribution in [0.2, 0.25) is 0 Å². The number of H-pyrrole nitrogens is 1. The van der Waals surface area contributed by atoms with Crippen molar-refractivity contribution in [2.24, 2.45) is 5.92 Å². The third-order valence-corrected chi connectivity index (χ3v) is 5.19. The zero-order valence-electron chi connectivity index (χ0n) is 15.1. The minimum Gasteiger partial charge on any atom is -0.494 e. The molecule has 26 heavy (non-hydrogen) atoms. The molecule has 1 aliphatic rings. The molecule has 1 fully saturated rings. The second-order valence-electron chi connectivity index (χ2n) is 7.14. The normalized spacial score (nSPS) is 17.0. The maximum Gasteiger partial charge on any atom is 0.253 e. The molecule has 1 N–H and O–H groups in total. The van der Waals surface area contributed by atoms with Crippen LogP contribution in [0.15, 0.2) is 54.7 Å². The summed E-state index contributed by atoms with van der Waals surface area (Å²) in [6.45, 7) is 4.42. The van der Waals surface area contributed by atoms with Crippen LogP contribution in [0.5, 0.6) is 5.75 Å². The number of benzene rings is 2. The largest absolute Gasteiger partial charge is 0.494 e. The van der Waals surface area contributed by atoms with Crippen LogP contribution in [0.4, 0.5) is 0 Å². The van der Waals surface area contributed by atoms with E-state index >= 15 is 0 Å². The van der Waals surface area contributed by atoms with Crippen molar-refractivity contribution in [3.63, 3.8) is 0 Å². The summed E-state index contributed by atoms with van der Waals surface area (Å²) in [5, 5.41) is 1.13. The highest BCUT2D eigenvalue weighted by Crippen LogP contribution is 2.23. The number of ether oxygens (including phenoxy) is 1. The topological polar surface area (TPSA) is 45.3 Å². The molecular weight excluding hydrogens is 324 g/mol. The molecule has 134 valence electrons. The number of hydrogen-bond acceptors (Lipinski definition) is 2. The molecule has 1 unspecified atom stereocenters. The number of nitrogens with zero attached hydrogens (tertiary/aromatic N) is 1. The van der Waals surface area contributed by atoms with Gasteiger partial charge in [-0.1, -0.05) is 23.8 Å². The van der Waals surface area contributed by atoms with Crippen LogP contribution >= 0.6 is 0 Å². The lowest BCUT2D eigenvalue weighted by molar-refractivity contribution is 0.0785. The SMILES string of the molecule is Cc1ccc(OCCC2CCN(C(=O)c3ccc4cc[nH]c4c3)C2)cc1. The van der Waals surface area contributed by atoms with Crippen LogP contribution in [0, 0.1) is 12.8 Å². The minimum atomic E-state index is 0.128. The van der Waals surface area contributed by atoms with Gasteiger partial charge in [0, 0.05) is 30.4 Å². The van der Waals surface area contributed by atoms with E-state index in [1.807, 2.05) is 47.5 Å². The number of rotatable bonds is 5. The van der Waals surface area contributed by atoms with Crippen molar-refractivity contribution >= 4 is 16.8 Å². The van der Waals surface area contributed by atoms with Crippen molar-refractivity contribution in [1.82, 2.24) is 9.88 Å². The summed E-state index contributed by atoms with van der Waals surface area (Å²) in [6.07, 6.45) is 3.93. The molecule has 0 radical (unpaired) electrons. The molecule has 3 aromatic rings. The van der Waals surface area contributed by atoms with E-state index in [4.69, 9.17) is 4.74 Å². The number of carbonyl (C=O) groups excluding carboxylic acids is 1. The monoisotopic (exact) mass is 348 g/mol. The highest BCUT2D eigenvalue weighted by Gasteiger charge is 2.27. The highest BCUT2D eigenvalue weighted by atomic mass is 16.5. The second kappa shape index (κ2) is 7.24. The number of nitrogens with one attached hydrogen (secondary N) is 1. The molecule has 2 aromatic carbocycles. The van der Waals surface area contributed by atoms with Gasteiger partial charge in [0.05, 0.1) is 6.61 Å². The standard InChI is InChI=1S/C22H24N2O2/c1-16-2-6-20(7-3-16)26-13-10-17-9-12-24(15-17)22(25)19-5-4-18-8-11-23-21(18)14-19/h2-8,11,14,17,23H,9-10,12-13,15H2,1H3. The Labute approximate surface area is 153 Å². The quantitative estimate of drug-likeness (QED) is 0.742. The zero-order chi connectivity index (χ0) is 17.9. The van der Waals surface area contributed by atoms with Crippen LogP contribution in [0.1, 0.15) is 28.8 Å². The molecule has 1 saturated heterocycles. The van der Waals surface area contributed by atoms with E-state index in [9.17, 15) is 4.79 Å². The van der Waals surface area contributed by atoms with Crippen LogP contribution in [-0.2, 0) is 0 Å². The van der Waals surface area contributed by atoms with E-state index in [1.165, 1.54) is 5.56 Å². The van der Waals surface area contributed by atoms with Crippen LogP contribution in [-0.4, -0.2) is 35.5 Å². The number of likely N-dealkylation sites (tertiary alicyclic amines) is 1. The lowest BCUT2D eigenvalue weighted by atomic mass is 10.1. The lowest BCUT2D eigenvalue weighted by Gasteiger charge is -2.17. The van der Waals surface area contributed by atoms with Gasteiger partial charge in [0.25, 0.3) is 5.91 Å². The summed E-state index contributed by atoms with van der Waals surface area (Å²) in [5.74, 6) is 1.56. The minimum absolute atomic E-state index is 0.128. The zero-order valence-corrected chi connectivity index (χ0v) is 15.1. The summed E-state index contributed by atoms with van der Waals surface area (Å²) in [6, 6.07) is 16.0. The number of fused-ring (bicyclic) bond motifs is 1. The molecule has 2 heterocycles. The maximum atomic E-state index is 12.8. The smallest absolute Gasteiger partial charge is 0.253 e. The van der Waals surface area contributed by atoms with Crippen molar-refractivity contribution in [2.45, 2.75) is 19.8 Å². The van der Waals surface area contributed by atoms with Gasteiger partial charge in [-0.3, -0.25) is 4.79 Å². The molecule has 1 atom stereocenters. The van der Waals surface area contributed by atoms with Gasteiger partial charge in [0.1, 0.15) is 5.75 Å². The van der Waals surface area contributed by atoms with Gasteiger partial charge in [-0.2, -0.15) is 0 Å². The first-order valence-corrected chi connectivity index (χ1v) is 9.25. The van der Waals surface area contributed by atoms with E-state index in [2.05, 4.69) is 24.0 Å². The fourth-order valence-corrected chi connectivity index (χ4v) is 3.59. The van der Waals surface area contributed by atoms with E-state index in [-0.39, 0.29) is 5.91 Å². The maximum absolute atomic E-state index is 12.8. The predicted molar refractivity (Wildman–Crippen MR) is 104 cm³/mol. The summed E-state index contributed by atoms with van der Waals surface area (Å²) < 4.78 is 5.84. The fourth-order valence-electron chi connectivity index (χ4n) is 3.59. The van der Waals surface area contributed by atoms with Crippen molar-refractivity contribution in [3.05, 3.63) is 65.9 Å². The van der Waals surface area contributed by atoms with E-state index in [0.717, 1.165) is 48.1 Å². The molecular formula is C22H24N2O2. The fraction of sp³-hybridized carbons (Fsp3) is 0.318. The molecule has 0 saturated carbocycles. The van der Waals surface area contributed by atoms with Crippen molar-refractivity contribution in [1.29, 1.82) is 0 Å². The van der Waals surface area contributed by atoms with Crippen LogP contribution in [0.25, 0.3) is 10.9 Å². The molecule has 1 amide bonds. The molecule has 0 bridgehead atoms. The average Bonchev–Trinajstić information content (AvgIpc) is 3.31. The highest BCUT2D eigenvalue weighted by molar-refractivity contribution is 5.98. The summed E-state index contributed by atoms with van der Waals surface area (Å²) in [4.78, 5) is 17.9. The van der Waals surface area contributed by atoms with Crippen molar-refractivity contribution in [3.8, 4) is 5.75 Å². The second-order valence-corrected chi connectivity index (χ2v) is 7.14. The number of aryl methyl sites for hydroxylation is 1. The number of carbonyl (C=O) groups is 1. The molecule has 4 heteroatoms. The van der Waals surface area contributed by atoms with E-state index in [0.29, 0.717) is 12.5 Å². The van der Waals surface area contributed by atoms with Gasteiger partial charge in [-0.05, 0) is 61.4 Å². The van der Waals surface area contributed by atoms with Gasteiger partial charge in [0.2, 0.25) is 0 Å². The lowest BCUT2D eigenvalue weighted by Crippen LogP contribution is -2.28. The van der Waals surface area contributed by atoms with Gasteiger partial charge in [-0.25, -0.2) is 0 Å². The number of aromatic amines is 1. The molecule has 4 rings (SSSR count). The van der Waals surface area contributed by atoms with Crippen LogP contribution in [0.3, 0.4) is 0 Å². The first-order chi connectivity index (χ1) is 12.7.